The van der Waals surface area contributed by atoms with E-state index in [4.69, 9.17) is 0 Å². The van der Waals surface area contributed by atoms with E-state index in [1.165, 1.54) is 32.1 Å². The van der Waals surface area contributed by atoms with Gasteiger partial charge in [0.05, 0.1) is 0 Å². The number of nitrogens with one attached hydrogen (secondary N) is 1. The number of carbonyl (C=O) groups excluding carboxylic acids is 2. The number of likely N-dealkylation sites (tertiary alicyclic amines) is 1. The van der Waals surface area contributed by atoms with Crippen LogP contribution in [0.4, 0.5) is 4.79 Å². The highest BCUT2D eigenvalue weighted by atomic mass is 16.2. The summed E-state index contributed by atoms with van der Waals surface area (Å²) < 4.78 is 0. The lowest BCUT2D eigenvalue weighted by molar-refractivity contribution is -0.130. The molecule has 4 aliphatic carbocycles. The van der Waals surface area contributed by atoms with E-state index in [0.717, 1.165) is 36.5 Å². The highest BCUT2D eigenvalue weighted by Gasteiger charge is 2.49. The lowest BCUT2D eigenvalue weighted by atomic mass is 9.54. The van der Waals surface area contributed by atoms with Crippen LogP contribution in [0, 0.1) is 29.6 Å². The predicted molar refractivity (Wildman–Crippen MR) is 92.4 cm³/mol. The van der Waals surface area contributed by atoms with Crippen molar-refractivity contribution in [1.29, 1.82) is 0 Å². The number of hydrogen-bond acceptors (Lipinski definition) is 2. The van der Waals surface area contributed by atoms with Crippen molar-refractivity contribution >= 4 is 11.9 Å². The average molecular weight is 333 g/mol. The van der Waals surface area contributed by atoms with Crippen molar-refractivity contribution in [3.05, 3.63) is 0 Å². The van der Waals surface area contributed by atoms with E-state index in [9.17, 15) is 9.59 Å². The van der Waals surface area contributed by atoms with Gasteiger partial charge in [-0.15, -0.1) is 0 Å². The first-order valence-electron chi connectivity index (χ1n) is 9.78. The van der Waals surface area contributed by atoms with Crippen molar-refractivity contribution in [2.45, 2.75) is 51.0 Å². The number of piperidine rings is 1. The van der Waals surface area contributed by atoms with Gasteiger partial charge in [0.2, 0.25) is 5.91 Å². The molecule has 1 aliphatic heterocycles. The molecule has 0 radical (unpaired) electrons. The number of amides is 3. The van der Waals surface area contributed by atoms with Gasteiger partial charge in [0, 0.05) is 39.1 Å². The van der Waals surface area contributed by atoms with Crippen LogP contribution in [0.5, 0.6) is 0 Å². The minimum absolute atomic E-state index is 0.0647. The number of rotatable bonds is 2. The predicted octanol–water partition coefficient (Wildman–Crippen LogP) is 2.32. The largest absolute Gasteiger partial charge is 0.353 e. The first kappa shape index (κ1) is 16.2. The Morgan fingerprint density at radius 1 is 0.917 bits per heavy atom. The Balaban J connectivity index is 1.31. The summed E-state index contributed by atoms with van der Waals surface area (Å²) in [7, 11) is 3.57. The van der Waals surface area contributed by atoms with Gasteiger partial charge in [-0.25, -0.2) is 4.79 Å². The van der Waals surface area contributed by atoms with Crippen LogP contribution in [0.25, 0.3) is 0 Å². The highest BCUT2D eigenvalue weighted by Crippen LogP contribution is 2.53. The maximum Gasteiger partial charge on any atom is 0.319 e. The second-order valence-corrected chi connectivity index (χ2v) is 8.90. The molecule has 1 N–H and O–H groups in total. The fourth-order valence-electron chi connectivity index (χ4n) is 6.06. The summed E-state index contributed by atoms with van der Waals surface area (Å²) in [6, 6.07) is 0.502. The van der Waals surface area contributed by atoms with Gasteiger partial charge in [-0.3, -0.25) is 4.79 Å². The number of nitrogens with zero attached hydrogens (tertiary/aromatic N) is 2. The Hall–Kier alpha value is -1.26. The molecule has 0 aromatic rings. The molecule has 5 rings (SSSR count). The molecule has 3 amide bonds. The smallest absolute Gasteiger partial charge is 0.319 e. The molecular weight excluding hydrogens is 302 g/mol. The quantitative estimate of drug-likeness (QED) is 0.843. The first-order chi connectivity index (χ1) is 11.5. The van der Waals surface area contributed by atoms with Crippen LogP contribution >= 0.6 is 0 Å². The van der Waals surface area contributed by atoms with Gasteiger partial charge >= 0.3 is 6.03 Å². The van der Waals surface area contributed by atoms with E-state index in [-0.39, 0.29) is 17.9 Å². The van der Waals surface area contributed by atoms with Gasteiger partial charge in [-0.2, -0.15) is 0 Å². The second kappa shape index (κ2) is 6.23. The summed E-state index contributed by atoms with van der Waals surface area (Å²) in [6.45, 7) is 1.41. The normalized spacial score (nSPS) is 38.2. The van der Waals surface area contributed by atoms with Gasteiger partial charge in [-0.1, -0.05) is 0 Å². The Bertz CT molecular complexity index is 483. The molecule has 5 heteroatoms. The standard InChI is InChI=1S/C19H31N3O2/c1-21(2)19(24)22-5-3-14(4-6-22)18(23)20-17-15-8-12-7-13(10-15)11-16(17)9-12/h12-17H,3-11H2,1-2H3,(H,20,23). The monoisotopic (exact) mass is 333 g/mol. The fraction of sp³-hybridized carbons (Fsp3) is 0.895. The van der Waals surface area contributed by atoms with Crippen LogP contribution in [0.3, 0.4) is 0 Å². The van der Waals surface area contributed by atoms with Crippen molar-refractivity contribution in [2.24, 2.45) is 29.6 Å². The van der Waals surface area contributed by atoms with Crippen LogP contribution in [-0.2, 0) is 4.79 Å². The van der Waals surface area contributed by atoms with Gasteiger partial charge < -0.3 is 15.1 Å². The van der Waals surface area contributed by atoms with Gasteiger partial charge in [0.1, 0.15) is 0 Å². The molecule has 0 unspecified atom stereocenters. The SMILES string of the molecule is CN(C)C(=O)N1CCC(C(=O)NC2C3CC4CC(C3)CC2C4)CC1. The number of urea groups is 1. The Morgan fingerprint density at radius 3 is 1.96 bits per heavy atom. The maximum atomic E-state index is 12.8. The molecule has 0 aromatic carbocycles. The molecule has 4 bridgehead atoms. The van der Waals surface area contributed by atoms with Crippen molar-refractivity contribution in [3.63, 3.8) is 0 Å². The molecule has 4 saturated carbocycles. The second-order valence-electron chi connectivity index (χ2n) is 8.90. The average Bonchev–Trinajstić information content (AvgIpc) is 2.56. The van der Waals surface area contributed by atoms with Crippen LogP contribution in [-0.4, -0.2) is 55.0 Å². The summed E-state index contributed by atoms with van der Waals surface area (Å²) >= 11 is 0. The zero-order valence-electron chi connectivity index (χ0n) is 15.0. The zero-order valence-corrected chi connectivity index (χ0v) is 15.0. The summed E-state index contributed by atoms with van der Waals surface area (Å²) in [6.07, 6.45) is 8.42. The lowest BCUT2D eigenvalue weighted by Gasteiger charge is -2.54. The molecule has 134 valence electrons. The molecule has 0 spiro atoms. The topological polar surface area (TPSA) is 52.7 Å². The van der Waals surface area contributed by atoms with E-state index in [1.807, 2.05) is 4.90 Å². The van der Waals surface area contributed by atoms with E-state index >= 15 is 0 Å². The Labute approximate surface area is 145 Å². The molecule has 5 nitrogen and oxygen atoms in total. The fourth-order valence-corrected chi connectivity index (χ4v) is 6.06. The van der Waals surface area contributed by atoms with Crippen LogP contribution in [0.15, 0.2) is 0 Å². The highest BCUT2D eigenvalue weighted by molar-refractivity contribution is 5.80. The van der Waals surface area contributed by atoms with Crippen LogP contribution in [0.2, 0.25) is 0 Å². The van der Waals surface area contributed by atoms with E-state index in [2.05, 4.69) is 5.32 Å². The molecule has 0 atom stereocenters. The van der Waals surface area contributed by atoms with Crippen molar-refractivity contribution in [1.82, 2.24) is 15.1 Å². The number of carbonyl (C=O) groups is 2. The molecule has 1 heterocycles. The summed E-state index contributed by atoms with van der Waals surface area (Å²) in [5.74, 6) is 3.71. The van der Waals surface area contributed by atoms with Crippen molar-refractivity contribution < 1.29 is 9.59 Å². The van der Waals surface area contributed by atoms with Gasteiger partial charge in [0.15, 0.2) is 0 Å². The van der Waals surface area contributed by atoms with E-state index < -0.39 is 0 Å². The third-order valence-electron chi connectivity index (χ3n) is 7.05. The summed E-state index contributed by atoms with van der Waals surface area (Å²) in [5.41, 5.74) is 0. The molecule has 24 heavy (non-hydrogen) atoms. The minimum atomic E-state index is 0.0647. The zero-order chi connectivity index (χ0) is 16.8. The van der Waals surface area contributed by atoms with Crippen molar-refractivity contribution in [3.8, 4) is 0 Å². The molecule has 5 fully saturated rings. The molecule has 0 aromatic heterocycles. The molecule has 5 aliphatic rings. The van der Waals surface area contributed by atoms with Gasteiger partial charge in [-0.05, 0) is 68.6 Å². The minimum Gasteiger partial charge on any atom is -0.353 e. The van der Waals surface area contributed by atoms with Crippen LogP contribution < -0.4 is 5.32 Å². The number of hydrogen-bond donors (Lipinski definition) is 1. The summed E-state index contributed by atoms with van der Waals surface area (Å²) in [5, 5.41) is 3.45. The first-order valence-corrected chi connectivity index (χ1v) is 9.78. The van der Waals surface area contributed by atoms with Crippen LogP contribution in [0.1, 0.15) is 44.9 Å². The lowest BCUT2D eigenvalue weighted by Crippen LogP contribution is -2.57. The summed E-state index contributed by atoms with van der Waals surface area (Å²) in [4.78, 5) is 28.3. The van der Waals surface area contributed by atoms with Crippen molar-refractivity contribution in [2.75, 3.05) is 27.2 Å². The molecular formula is C19H31N3O2. The Morgan fingerprint density at radius 2 is 1.46 bits per heavy atom. The van der Waals surface area contributed by atoms with Gasteiger partial charge in [0.25, 0.3) is 0 Å². The third-order valence-corrected chi connectivity index (χ3v) is 7.05. The van der Waals surface area contributed by atoms with E-state index in [1.54, 1.807) is 19.0 Å². The maximum absolute atomic E-state index is 12.8. The molecule has 1 saturated heterocycles. The third kappa shape index (κ3) is 2.91. The van der Waals surface area contributed by atoms with E-state index in [0.29, 0.717) is 19.1 Å². The Kier molecular flexibility index (Phi) is 4.21.